The summed E-state index contributed by atoms with van der Waals surface area (Å²) < 4.78 is 5.18. The van der Waals surface area contributed by atoms with E-state index in [1.165, 1.54) is 0 Å². The van der Waals surface area contributed by atoms with E-state index in [1.54, 1.807) is 12.5 Å². The number of likely N-dealkylation sites (tertiary alicyclic amines) is 1. The van der Waals surface area contributed by atoms with E-state index in [0.717, 1.165) is 31.6 Å². The molecule has 5 heteroatoms. The smallest absolute Gasteiger partial charge is 0.233 e. The number of aromatic nitrogens is 2. The van der Waals surface area contributed by atoms with Gasteiger partial charge in [0.05, 0.1) is 18.6 Å². The highest BCUT2D eigenvalue weighted by molar-refractivity contribution is 5.83. The van der Waals surface area contributed by atoms with Crippen molar-refractivity contribution in [3.8, 4) is 0 Å². The molecule has 2 aliphatic heterocycles. The van der Waals surface area contributed by atoms with Gasteiger partial charge in [-0.3, -0.25) is 4.79 Å². The fourth-order valence-electron chi connectivity index (χ4n) is 2.83. The lowest BCUT2D eigenvalue weighted by molar-refractivity contribution is -0.169. The van der Waals surface area contributed by atoms with Crippen LogP contribution in [0.3, 0.4) is 0 Å². The van der Waals surface area contributed by atoms with Crippen LogP contribution in [0.4, 0.5) is 0 Å². The molecule has 2 aliphatic rings. The number of amides is 1. The molecule has 1 aromatic heterocycles. The lowest BCUT2D eigenvalue weighted by Gasteiger charge is -2.42. The predicted molar refractivity (Wildman–Crippen MR) is 69.5 cm³/mol. The lowest BCUT2D eigenvalue weighted by atomic mass is 9.85. The van der Waals surface area contributed by atoms with E-state index in [-0.39, 0.29) is 11.3 Å². The van der Waals surface area contributed by atoms with Gasteiger partial charge in [-0.25, -0.2) is 9.97 Å². The van der Waals surface area contributed by atoms with Crippen molar-refractivity contribution in [2.24, 2.45) is 5.41 Å². The molecule has 0 N–H and O–H groups in total. The van der Waals surface area contributed by atoms with E-state index in [2.05, 4.69) is 9.97 Å². The third-order valence-electron chi connectivity index (χ3n) is 4.16. The van der Waals surface area contributed by atoms with E-state index in [0.29, 0.717) is 19.1 Å². The Labute approximate surface area is 113 Å². The van der Waals surface area contributed by atoms with Crippen molar-refractivity contribution in [1.82, 2.24) is 14.9 Å². The minimum Gasteiger partial charge on any atom is -0.379 e. The Kier molecular flexibility index (Phi) is 3.22. The summed E-state index contributed by atoms with van der Waals surface area (Å²) in [5, 5.41) is 0. The second-order valence-electron chi connectivity index (χ2n) is 5.75. The predicted octanol–water partition coefficient (Wildman–Crippen LogP) is 1.22. The largest absolute Gasteiger partial charge is 0.379 e. The number of nitrogens with zero attached hydrogens (tertiary/aromatic N) is 3. The highest BCUT2D eigenvalue weighted by Gasteiger charge is 2.44. The average molecular weight is 261 g/mol. The minimum absolute atomic E-state index is 0.250. The lowest BCUT2D eigenvalue weighted by Crippen LogP contribution is -2.54. The SMILES string of the molecule is CC1(C(=O)N2CCC(c3ccncn3)CC2)COC1. The van der Waals surface area contributed by atoms with Crippen molar-refractivity contribution in [3.05, 3.63) is 24.3 Å². The summed E-state index contributed by atoms with van der Waals surface area (Å²) in [6.07, 6.45) is 5.35. The van der Waals surface area contributed by atoms with Crippen molar-refractivity contribution in [2.45, 2.75) is 25.7 Å². The molecular formula is C14H19N3O2. The number of hydrogen-bond acceptors (Lipinski definition) is 4. The second kappa shape index (κ2) is 4.89. The Balaban J connectivity index is 1.59. The molecule has 3 heterocycles. The maximum absolute atomic E-state index is 12.4. The average Bonchev–Trinajstić information content (AvgIpc) is 2.45. The monoisotopic (exact) mass is 261 g/mol. The van der Waals surface area contributed by atoms with E-state index < -0.39 is 0 Å². The molecular weight excluding hydrogens is 242 g/mol. The molecule has 2 fully saturated rings. The highest BCUT2D eigenvalue weighted by Crippen LogP contribution is 2.32. The van der Waals surface area contributed by atoms with Crippen molar-refractivity contribution < 1.29 is 9.53 Å². The first kappa shape index (κ1) is 12.5. The normalized spacial score (nSPS) is 22.9. The summed E-state index contributed by atoms with van der Waals surface area (Å²) in [6, 6.07) is 1.98. The van der Waals surface area contributed by atoms with Gasteiger partial charge in [0.15, 0.2) is 0 Å². The molecule has 0 radical (unpaired) electrons. The third kappa shape index (κ3) is 2.34. The van der Waals surface area contributed by atoms with Crippen LogP contribution in [0.15, 0.2) is 18.6 Å². The quantitative estimate of drug-likeness (QED) is 0.803. The Morgan fingerprint density at radius 1 is 1.42 bits per heavy atom. The molecule has 0 unspecified atom stereocenters. The van der Waals surface area contributed by atoms with Crippen molar-refractivity contribution in [1.29, 1.82) is 0 Å². The first-order valence-corrected chi connectivity index (χ1v) is 6.82. The number of piperidine rings is 1. The van der Waals surface area contributed by atoms with Gasteiger partial charge in [-0.1, -0.05) is 0 Å². The number of ether oxygens (including phenoxy) is 1. The number of rotatable bonds is 2. The fraction of sp³-hybridized carbons (Fsp3) is 0.643. The molecule has 2 saturated heterocycles. The molecule has 1 amide bonds. The zero-order valence-electron chi connectivity index (χ0n) is 11.2. The molecule has 3 rings (SSSR count). The van der Waals surface area contributed by atoms with Gasteiger partial charge < -0.3 is 9.64 Å². The number of hydrogen-bond donors (Lipinski definition) is 0. The maximum Gasteiger partial charge on any atom is 0.233 e. The van der Waals surface area contributed by atoms with Gasteiger partial charge >= 0.3 is 0 Å². The zero-order valence-corrected chi connectivity index (χ0v) is 11.2. The summed E-state index contributed by atoms with van der Waals surface area (Å²) in [4.78, 5) is 22.6. The van der Waals surface area contributed by atoms with Gasteiger partial charge in [0.2, 0.25) is 5.91 Å². The van der Waals surface area contributed by atoms with Gasteiger partial charge in [-0.2, -0.15) is 0 Å². The molecule has 0 atom stereocenters. The van der Waals surface area contributed by atoms with Crippen molar-refractivity contribution >= 4 is 5.91 Å². The van der Waals surface area contributed by atoms with Crippen LogP contribution in [0.2, 0.25) is 0 Å². The summed E-state index contributed by atoms with van der Waals surface area (Å²) in [5.74, 6) is 0.706. The molecule has 0 aromatic carbocycles. The van der Waals surface area contributed by atoms with E-state index in [9.17, 15) is 4.79 Å². The van der Waals surface area contributed by atoms with Crippen LogP contribution in [-0.4, -0.2) is 47.1 Å². The Hall–Kier alpha value is -1.49. The van der Waals surface area contributed by atoms with Crippen LogP contribution in [0.25, 0.3) is 0 Å². The first-order valence-electron chi connectivity index (χ1n) is 6.82. The second-order valence-corrected chi connectivity index (χ2v) is 5.75. The maximum atomic E-state index is 12.4. The molecule has 0 aliphatic carbocycles. The van der Waals surface area contributed by atoms with Crippen LogP contribution in [-0.2, 0) is 9.53 Å². The van der Waals surface area contributed by atoms with Crippen LogP contribution in [0.1, 0.15) is 31.4 Å². The third-order valence-corrected chi connectivity index (χ3v) is 4.16. The zero-order chi connectivity index (χ0) is 13.3. The molecule has 5 nitrogen and oxygen atoms in total. The van der Waals surface area contributed by atoms with Gasteiger partial charge in [0.25, 0.3) is 0 Å². The summed E-state index contributed by atoms with van der Waals surface area (Å²) in [7, 11) is 0. The molecule has 19 heavy (non-hydrogen) atoms. The van der Waals surface area contributed by atoms with Gasteiger partial charge in [-0.05, 0) is 25.8 Å². The van der Waals surface area contributed by atoms with E-state index in [4.69, 9.17) is 4.74 Å². The molecule has 0 spiro atoms. The Morgan fingerprint density at radius 2 is 2.16 bits per heavy atom. The van der Waals surface area contributed by atoms with E-state index >= 15 is 0 Å². The van der Waals surface area contributed by atoms with E-state index in [1.807, 2.05) is 17.9 Å². The summed E-state index contributed by atoms with van der Waals surface area (Å²) >= 11 is 0. The van der Waals surface area contributed by atoms with Crippen molar-refractivity contribution in [3.63, 3.8) is 0 Å². The molecule has 102 valence electrons. The van der Waals surface area contributed by atoms with Crippen LogP contribution >= 0.6 is 0 Å². The number of carbonyl (C=O) groups is 1. The van der Waals surface area contributed by atoms with Crippen LogP contribution in [0, 0.1) is 5.41 Å². The fourth-order valence-corrected chi connectivity index (χ4v) is 2.83. The molecule has 1 aromatic rings. The standard InChI is InChI=1S/C14H19N3O2/c1-14(8-19-9-14)13(18)17-6-3-11(4-7-17)12-2-5-15-10-16-12/h2,5,10-11H,3-4,6-9H2,1H3. The van der Waals surface area contributed by atoms with Gasteiger partial charge in [0.1, 0.15) is 6.33 Å². The van der Waals surface area contributed by atoms with Gasteiger partial charge in [-0.15, -0.1) is 0 Å². The summed E-state index contributed by atoms with van der Waals surface area (Å²) in [6.45, 7) is 4.77. The topological polar surface area (TPSA) is 55.3 Å². The van der Waals surface area contributed by atoms with Gasteiger partial charge in [0, 0.05) is 30.9 Å². The minimum atomic E-state index is -0.276. The molecule has 0 saturated carbocycles. The molecule has 0 bridgehead atoms. The summed E-state index contributed by atoms with van der Waals surface area (Å²) in [5.41, 5.74) is 0.821. The first-order chi connectivity index (χ1) is 9.19. The van der Waals surface area contributed by atoms with Crippen LogP contribution in [0.5, 0.6) is 0 Å². The van der Waals surface area contributed by atoms with Crippen LogP contribution < -0.4 is 0 Å². The Morgan fingerprint density at radius 3 is 2.68 bits per heavy atom. The number of carbonyl (C=O) groups excluding carboxylic acids is 1. The Bertz CT molecular complexity index is 451. The van der Waals surface area contributed by atoms with Crippen molar-refractivity contribution in [2.75, 3.05) is 26.3 Å². The highest BCUT2D eigenvalue weighted by atomic mass is 16.5.